The van der Waals surface area contributed by atoms with Crippen LogP contribution in [0.5, 0.6) is 0 Å². The van der Waals surface area contributed by atoms with Gasteiger partial charge in [-0.25, -0.2) is 15.0 Å². The first-order valence-electron chi connectivity index (χ1n) is 21.0. The number of hydrogen-bond acceptors (Lipinski definition) is 3. The van der Waals surface area contributed by atoms with Gasteiger partial charge in [-0.05, 0) is 80.9 Å². The van der Waals surface area contributed by atoms with E-state index in [4.69, 9.17) is 15.0 Å². The van der Waals surface area contributed by atoms with Crippen molar-refractivity contribution in [3.63, 3.8) is 0 Å². The van der Waals surface area contributed by atoms with E-state index >= 15 is 0 Å². The summed E-state index contributed by atoms with van der Waals surface area (Å²) < 4.78 is 0. The molecule has 0 saturated heterocycles. The highest BCUT2D eigenvalue weighted by Gasteiger charge is 2.17. The summed E-state index contributed by atoms with van der Waals surface area (Å²) in [6.45, 7) is 0. The fraction of sp³-hybridized carbons (Fsp3) is 0. The smallest absolute Gasteiger partial charge is 0.160 e. The van der Waals surface area contributed by atoms with Gasteiger partial charge in [0, 0.05) is 38.4 Å². The van der Waals surface area contributed by atoms with Crippen LogP contribution in [0.3, 0.4) is 0 Å². The number of aromatic nitrogens is 3. The summed E-state index contributed by atoms with van der Waals surface area (Å²) in [7, 11) is 0. The van der Waals surface area contributed by atoms with Crippen molar-refractivity contribution in [2.45, 2.75) is 0 Å². The number of benzene rings is 9. The maximum absolute atomic E-state index is 5.32. The highest BCUT2D eigenvalue weighted by molar-refractivity contribution is 6.17. The average molecular weight is 790 g/mol. The molecular weight excluding hydrogens is 751 g/mol. The molecule has 0 aliphatic heterocycles. The molecule has 62 heavy (non-hydrogen) atoms. The Bertz CT molecular complexity index is 3280. The van der Waals surface area contributed by atoms with E-state index < -0.39 is 0 Å². The molecule has 11 rings (SSSR count). The molecular formula is C59H39N3. The quantitative estimate of drug-likeness (QED) is 0.144. The lowest BCUT2D eigenvalue weighted by Crippen LogP contribution is -1.97. The third-order valence-electron chi connectivity index (χ3n) is 11.7. The van der Waals surface area contributed by atoms with Crippen LogP contribution in [0.4, 0.5) is 0 Å². The van der Waals surface area contributed by atoms with Crippen molar-refractivity contribution >= 4 is 21.7 Å². The molecule has 3 heteroatoms. The minimum atomic E-state index is 0.678. The summed E-state index contributed by atoms with van der Waals surface area (Å²) in [5, 5.41) is 3.44. The summed E-state index contributed by atoms with van der Waals surface area (Å²) >= 11 is 0. The van der Waals surface area contributed by atoms with E-state index in [-0.39, 0.29) is 0 Å². The van der Waals surface area contributed by atoms with Crippen LogP contribution < -0.4 is 0 Å². The van der Waals surface area contributed by atoms with Crippen molar-refractivity contribution in [2.75, 3.05) is 0 Å². The maximum Gasteiger partial charge on any atom is 0.160 e. The first kappa shape index (κ1) is 36.8. The minimum Gasteiger partial charge on any atom is -0.247 e. The van der Waals surface area contributed by atoms with Crippen LogP contribution >= 0.6 is 0 Å². The molecule has 0 fully saturated rings. The zero-order valence-corrected chi connectivity index (χ0v) is 33.9. The normalized spacial score (nSPS) is 11.2. The minimum absolute atomic E-state index is 0.678. The first-order chi connectivity index (χ1) is 30.7. The molecule has 3 nitrogen and oxygen atoms in total. The Balaban J connectivity index is 1.07. The Morgan fingerprint density at radius 2 is 0.677 bits per heavy atom. The van der Waals surface area contributed by atoms with E-state index in [9.17, 15) is 0 Å². The van der Waals surface area contributed by atoms with Gasteiger partial charge in [0.25, 0.3) is 0 Å². The second kappa shape index (κ2) is 16.1. The number of pyridine rings is 1. The molecule has 0 unspecified atom stereocenters. The van der Waals surface area contributed by atoms with E-state index in [1.807, 2.05) is 6.07 Å². The van der Waals surface area contributed by atoms with E-state index in [2.05, 4.69) is 231 Å². The summed E-state index contributed by atoms with van der Waals surface area (Å²) in [6.07, 6.45) is 0. The maximum atomic E-state index is 5.32. The molecule has 0 spiro atoms. The second-order valence-electron chi connectivity index (χ2n) is 15.6. The highest BCUT2D eigenvalue weighted by Crippen LogP contribution is 2.40. The molecule has 0 aliphatic carbocycles. The van der Waals surface area contributed by atoms with E-state index in [0.717, 1.165) is 89.0 Å². The molecule has 290 valence electrons. The molecule has 0 saturated carbocycles. The van der Waals surface area contributed by atoms with Crippen molar-refractivity contribution in [3.05, 3.63) is 237 Å². The predicted molar refractivity (Wildman–Crippen MR) is 258 cm³/mol. The van der Waals surface area contributed by atoms with Gasteiger partial charge < -0.3 is 0 Å². The summed E-state index contributed by atoms with van der Waals surface area (Å²) in [6, 6.07) is 83.4. The third kappa shape index (κ3) is 7.12. The van der Waals surface area contributed by atoms with Gasteiger partial charge in [-0.1, -0.05) is 200 Å². The lowest BCUT2D eigenvalue weighted by Gasteiger charge is -2.15. The van der Waals surface area contributed by atoms with Crippen molar-refractivity contribution in [1.29, 1.82) is 0 Å². The van der Waals surface area contributed by atoms with Crippen LogP contribution in [0.15, 0.2) is 237 Å². The lowest BCUT2D eigenvalue weighted by atomic mass is 9.91. The van der Waals surface area contributed by atoms with Gasteiger partial charge in [-0.3, -0.25) is 0 Å². The lowest BCUT2D eigenvalue weighted by molar-refractivity contribution is 1.18. The van der Waals surface area contributed by atoms with E-state index in [1.54, 1.807) is 0 Å². The summed E-state index contributed by atoms with van der Waals surface area (Å²) in [5.74, 6) is 0.678. The fourth-order valence-electron chi connectivity index (χ4n) is 8.60. The second-order valence-corrected chi connectivity index (χ2v) is 15.6. The Morgan fingerprint density at radius 3 is 1.26 bits per heavy atom. The van der Waals surface area contributed by atoms with Crippen LogP contribution in [0.2, 0.25) is 0 Å². The molecule has 0 radical (unpaired) electrons. The van der Waals surface area contributed by atoms with Crippen LogP contribution in [0.1, 0.15) is 0 Å². The highest BCUT2D eigenvalue weighted by atomic mass is 14.9. The van der Waals surface area contributed by atoms with Crippen molar-refractivity contribution in [2.24, 2.45) is 0 Å². The molecule has 0 N–H and O–H groups in total. The molecule has 0 aliphatic rings. The fourth-order valence-corrected chi connectivity index (χ4v) is 8.60. The first-order valence-corrected chi connectivity index (χ1v) is 21.0. The van der Waals surface area contributed by atoms with Crippen LogP contribution in [0, 0.1) is 0 Å². The van der Waals surface area contributed by atoms with Gasteiger partial charge in [0.1, 0.15) is 0 Å². The Morgan fingerprint density at radius 1 is 0.242 bits per heavy atom. The van der Waals surface area contributed by atoms with Gasteiger partial charge >= 0.3 is 0 Å². The summed E-state index contributed by atoms with van der Waals surface area (Å²) in [5.41, 5.74) is 16.9. The zero-order valence-electron chi connectivity index (χ0n) is 33.9. The SMILES string of the molecule is c1ccc(-c2cccc(-c3cc(-c4cccc(-c5ccc6nc(-c7ccccc7)c7cccc(-c8ccccc8)c7c6c5)c4)nc(-c4cccc(-c5ccccc5)c4)n3)c2)cc1. The van der Waals surface area contributed by atoms with Gasteiger partial charge in [0.15, 0.2) is 5.82 Å². The van der Waals surface area contributed by atoms with E-state index in [0.29, 0.717) is 5.82 Å². The summed E-state index contributed by atoms with van der Waals surface area (Å²) in [4.78, 5) is 15.9. The third-order valence-corrected chi connectivity index (χ3v) is 11.7. The number of hydrogen-bond donors (Lipinski definition) is 0. The average Bonchev–Trinajstić information content (AvgIpc) is 3.37. The van der Waals surface area contributed by atoms with Crippen molar-refractivity contribution in [1.82, 2.24) is 15.0 Å². The Kier molecular flexibility index (Phi) is 9.53. The van der Waals surface area contributed by atoms with Crippen LogP contribution in [0.25, 0.3) is 111 Å². The van der Waals surface area contributed by atoms with Crippen LogP contribution in [-0.2, 0) is 0 Å². The van der Waals surface area contributed by atoms with E-state index in [1.165, 1.54) is 16.5 Å². The molecule has 2 heterocycles. The van der Waals surface area contributed by atoms with Crippen LogP contribution in [-0.4, -0.2) is 15.0 Å². The zero-order chi connectivity index (χ0) is 41.2. The van der Waals surface area contributed by atoms with Gasteiger partial charge in [0.05, 0.1) is 22.6 Å². The molecule has 0 bridgehead atoms. The molecule has 2 aromatic heterocycles. The van der Waals surface area contributed by atoms with Gasteiger partial charge in [-0.15, -0.1) is 0 Å². The number of rotatable bonds is 8. The number of fused-ring (bicyclic) bond motifs is 3. The van der Waals surface area contributed by atoms with Gasteiger partial charge in [0.2, 0.25) is 0 Å². The predicted octanol–water partition coefficient (Wildman–Crippen LogP) is 15.5. The number of nitrogens with zero attached hydrogens (tertiary/aromatic N) is 3. The van der Waals surface area contributed by atoms with Gasteiger partial charge in [-0.2, -0.15) is 0 Å². The Hall–Kier alpha value is -8.27. The van der Waals surface area contributed by atoms with Crippen molar-refractivity contribution < 1.29 is 0 Å². The standard InChI is InChI=1S/C59H39N3/c1-5-17-40(18-6-1)44-25-13-28-48(35-44)55-39-56(62-59(61-55)50-30-15-26-45(37-50)41-19-7-2-8-20-41)49-29-14-27-46(36-49)47-33-34-54-53(38-47)57-51(42-21-9-3-10-22-42)31-16-32-52(57)58(60-54)43-23-11-4-12-24-43/h1-39H. The molecule has 9 aromatic carbocycles. The van der Waals surface area contributed by atoms with Crippen molar-refractivity contribution in [3.8, 4) is 89.7 Å². The monoisotopic (exact) mass is 789 g/mol. The Labute approximate surface area is 361 Å². The molecule has 11 aromatic rings. The molecule has 0 atom stereocenters. The topological polar surface area (TPSA) is 38.7 Å². The molecule has 0 amide bonds. The largest absolute Gasteiger partial charge is 0.247 e.